The molecule has 2 aromatic rings. The van der Waals surface area contributed by atoms with E-state index in [1.165, 1.54) is 6.08 Å². The van der Waals surface area contributed by atoms with Crippen molar-refractivity contribution in [3.63, 3.8) is 0 Å². The van der Waals surface area contributed by atoms with Gasteiger partial charge in [-0.15, -0.1) is 0 Å². The molecule has 0 atom stereocenters. The average Bonchev–Trinajstić information content (AvgIpc) is 2.62. The van der Waals surface area contributed by atoms with E-state index in [2.05, 4.69) is 28.2 Å². The number of rotatable bonds is 8. The van der Waals surface area contributed by atoms with Gasteiger partial charge >= 0.3 is 0 Å². The third-order valence-corrected chi connectivity index (χ3v) is 4.12. The molecule has 0 saturated heterocycles. The number of hydrogen-bond donors (Lipinski definition) is 1. The first-order valence-electron chi connectivity index (χ1n) is 8.18. The molecule has 0 saturated carbocycles. The van der Waals surface area contributed by atoms with E-state index in [1.807, 2.05) is 42.5 Å². The van der Waals surface area contributed by atoms with Crippen molar-refractivity contribution in [3.05, 3.63) is 58.6 Å². The van der Waals surface area contributed by atoms with Gasteiger partial charge in [-0.05, 0) is 58.3 Å². The van der Waals surface area contributed by atoms with Gasteiger partial charge in [-0.2, -0.15) is 0 Å². The van der Waals surface area contributed by atoms with Crippen LogP contribution in [-0.4, -0.2) is 19.6 Å². The Bertz CT molecular complexity index is 743. The lowest BCUT2D eigenvalue weighted by Gasteiger charge is -2.11. The van der Waals surface area contributed by atoms with E-state index < -0.39 is 0 Å². The Balaban J connectivity index is 2.01. The molecular formula is C20H22BrNO3. The molecule has 1 amide bonds. The zero-order valence-electron chi connectivity index (χ0n) is 14.4. The summed E-state index contributed by atoms with van der Waals surface area (Å²) in [6.45, 7) is 2.75. The van der Waals surface area contributed by atoms with Crippen molar-refractivity contribution in [1.29, 1.82) is 0 Å². The smallest absolute Gasteiger partial charge is 0.248 e. The molecule has 0 bridgehead atoms. The summed E-state index contributed by atoms with van der Waals surface area (Å²) in [5, 5.41) is 2.86. The van der Waals surface area contributed by atoms with Crippen molar-refractivity contribution < 1.29 is 14.3 Å². The van der Waals surface area contributed by atoms with E-state index in [4.69, 9.17) is 9.47 Å². The summed E-state index contributed by atoms with van der Waals surface area (Å²) in [6, 6.07) is 13.1. The molecule has 1 N–H and O–H groups in total. The third-order valence-electron chi connectivity index (χ3n) is 3.50. The number of carbonyl (C=O) groups is 1. The van der Waals surface area contributed by atoms with E-state index in [0.29, 0.717) is 18.0 Å². The first kappa shape index (κ1) is 19.1. The number of unbranched alkanes of at least 4 members (excludes halogenated alkanes) is 1. The first-order valence-corrected chi connectivity index (χ1v) is 8.97. The molecule has 2 rings (SSSR count). The number of amides is 1. The second kappa shape index (κ2) is 9.89. The maximum Gasteiger partial charge on any atom is 0.248 e. The minimum Gasteiger partial charge on any atom is -0.496 e. The van der Waals surface area contributed by atoms with Gasteiger partial charge in [0.15, 0.2) is 0 Å². The number of benzene rings is 2. The topological polar surface area (TPSA) is 47.6 Å². The van der Waals surface area contributed by atoms with Crippen LogP contribution in [0.25, 0.3) is 6.08 Å². The Labute approximate surface area is 157 Å². The van der Waals surface area contributed by atoms with Crippen molar-refractivity contribution in [2.75, 3.05) is 19.0 Å². The van der Waals surface area contributed by atoms with E-state index in [1.54, 1.807) is 13.2 Å². The normalized spacial score (nSPS) is 10.7. The maximum absolute atomic E-state index is 12.2. The highest BCUT2D eigenvalue weighted by Gasteiger charge is 2.05. The van der Waals surface area contributed by atoms with Crippen LogP contribution in [0, 0.1) is 0 Å². The molecule has 0 radical (unpaired) electrons. The molecule has 132 valence electrons. The van der Waals surface area contributed by atoms with Crippen LogP contribution in [-0.2, 0) is 4.79 Å². The summed E-state index contributed by atoms with van der Waals surface area (Å²) >= 11 is 3.43. The fourth-order valence-corrected chi connectivity index (χ4v) is 2.71. The van der Waals surface area contributed by atoms with Gasteiger partial charge in [0.05, 0.1) is 23.9 Å². The van der Waals surface area contributed by atoms with Crippen LogP contribution >= 0.6 is 15.9 Å². The highest BCUT2D eigenvalue weighted by Crippen LogP contribution is 2.26. The predicted octanol–water partition coefficient (Wildman–Crippen LogP) is 5.29. The fourth-order valence-electron chi connectivity index (χ4n) is 2.15. The minimum atomic E-state index is -0.210. The zero-order valence-corrected chi connectivity index (χ0v) is 16.0. The lowest BCUT2D eigenvalue weighted by Crippen LogP contribution is -2.09. The molecule has 0 aromatic heterocycles. The van der Waals surface area contributed by atoms with Crippen molar-refractivity contribution in [2.45, 2.75) is 19.8 Å². The summed E-state index contributed by atoms with van der Waals surface area (Å²) in [6.07, 6.45) is 5.29. The van der Waals surface area contributed by atoms with Gasteiger partial charge < -0.3 is 14.8 Å². The van der Waals surface area contributed by atoms with Crippen molar-refractivity contribution in [3.8, 4) is 11.5 Å². The Morgan fingerprint density at radius 1 is 1.20 bits per heavy atom. The number of hydrogen-bond acceptors (Lipinski definition) is 3. The summed E-state index contributed by atoms with van der Waals surface area (Å²) in [5.74, 6) is 1.23. The van der Waals surface area contributed by atoms with Gasteiger partial charge in [0, 0.05) is 6.08 Å². The molecule has 0 unspecified atom stereocenters. The van der Waals surface area contributed by atoms with Crippen LogP contribution in [0.2, 0.25) is 0 Å². The Morgan fingerprint density at radius 3 is 2.72 bits per heavy atom. The first-order chi connectivity index (χ1) is 12.1. The Morgan fingerprint density at radius 2 is 2.00 bits per heavy atom. The van der Waals surface area contributed by atoms with E-state index >= 15 is 0 Å². The molecular weight excluding hydrogens is 382 g/mol. The summed E-state index contributed by atoms with van der Waals surface area (Å²) < 4.78 is 11.8. The SMILES string of the molecule is CCCCOc1ccccc1NC(=O)/C=C/c1ccc(OC)c(Br)c1. The number of halogens is 1. The van der Waals surface area contributed by atoms with Gasteiger partial charge in [-0.3, -0.25) is 4.79 Å². The quantitative estimate of drug-likeness (QED) is 0.481. The van der Waals surface area contributed by atoms with E-state index in [-0.39, 0.29) is 5.91 Å². The van der Waals surface area contributed by atoms with Gasteiger partial charge in [-0.25, -0.2) is 0 Å². The lowest BCUT2D eigenvalue weighted by atomic mass is 10.2. The molecule has 0 aliphatic heterocycles. The second-order valence-electron chi connectivity index (χ2n) is 5.41. The summed E-state index contributed by atoms with van der Waals surface area (Å²) in [7, 11) is 1.61. The molecule has 2 aromatic carbocycles. The van der Waals surface area contributed by atoms with E-state index in [9.17, 15) is 4.79 Å². The molecule has 25 heavy (non-hydrogen) atoms. The van der Waals surface area contributed by atoms with Gasteiger partial charge in [-0.1, -0.05) is 31.5 Å². The van der Waals surface area contributed by atoms with Crippen molar-refractivity contribution >= 4 is 33.6 Å². The van der Waals surface area contributed by atoms with Crippen LogP contribution < -0.4 is 14.8 Å². The molecule has 5 heteroatoms. The summed E-state index contributed by atoms with van der Waals surface area (Å²) in [4.78, 5) is 12.2. The van der Waals surface area contributed by atoms with Gasteiger partial charge in [0.2, 0.25) is 5.91 Å². The van der Waals surface area contributed by atoms with Crippen LogP contribution in [0.4, 0.5) is 5.69 Å². The van der Waals surface area contributed by atoms with Gasteiger partial charge in [0.1, 0.15) is 11.5 Å². The highest BCUT2D eigenvalue weighted by molar-refractivity contribution is 9.10. The molecule has 0 aliphatic rings. The van der Waals surface area contributed by atoms with Crippen molar-refractivity contribution in [2.24, 2.45) is 0 Å². The fraction of sp³-hybridized carbons (Fsp3) is 0.250. The average molecular weight is 404 g/mol. The standard InChI is InChI=1S/C20H22BrNO3/c1-3-4-13-25-19-8-6-5-7-17(19)22-20(23)12-10-15-9-11-18(24-2)16(21)14-15/h5-12,14H,3-4,13H2,1-2H3,(H,22,23)/b12-10+. The van der Waals surface area contributed by atoms with Crippen LogP contribution in [0.3, 0.4) is 0 Å². The molecule has 0 spiro atoms. The lowest BCUT2D eigenvalue weighted by molar-refractivity contribution is -0.111. The second-order valence-corrected chi connectivity index (χ2v) is 6.27. The number of anilines is 1. The number of nitrogens with one attached hydrogen (secondary N) is 1. The molecule has 0 heterocycles. The number of para-hydroxylation sites is 2. The third kappa shape index (κ3) is 5.94. The predicted molar refractivity (Wildman–Crippen MR) is 105 cm³/mol. The minimum absolute atomic E-state index is 0.210. The number of ether oxygens (including phenoxy) is 2. The van der Waals surface area contributed by atoms with Crippen LogP contribution in [0.5, 0.6) is 11.5 Å². The van der Waals surface area contributed by atoms with Crippen LogP contribution in [0.15, 0.2) is 53.0 Å². The zero-order chi connectivity index (χ0) is 18.1. The highest BCUT2D eigenvalue weighted by atomic mass is 79.9. The van der Waals surface area contributed by atoms with Crippen molar-refractivity contribution in [1.82, 2.24) is 0 Å². The largest absolute Gasteiger partial charge is 0.496 e. The number of carbonyl (C=O) groups excluding carboxylic acids is 1. The summed E-state index contributed by atoms with van der Waals surface area (Å²) in [5.41, 5.74) is 1.57. The Hall–Kier alpha value is -2.27. The molecule has 0 fully saturated rings. The number of methoxy groups -OCH3 is 1. The molecule has 0 aliphatic carbocycles. The maximum atomic E-state index is 12.2. The van der Waals surface area contributed by atoms with Crippen LogP contribution in [0.1, 0.15) is 25.3 Å². The monoisotopic (exact) mass is 403 g/mol. The molecule has 4 nitrogen and oxygen atoms in total. The van der Waals surface area contributed by atoms with Gasteiger partial charge in [0.25, 0.3) is 0 Å². The van der Waals surface area contributed by atoms with E-state index in [0.717, 1.165) is 28.6 Å². The Kier molecular flexibility index (Phi) is 7.54.